The fourth-order valence-corrected chi connectivity index (χ4v) is 5.99. The number of halogens is 1. The second-order valence-corrected chi connectivity index (χ2v) is 9.94. The zero-order chi connectivity index (χ0) is 23.0. The molecule has 0 aromatic heterocycles. The molecule has 4 rings (SSSR count). The molecule has 1 atom stereocenters. The van der Waals surface area contributed by atoms with Gasteiger partial charge in [-0.3, -0.25) is 9.69 Å². The summed E-state index contributed by atoms with van der Waals surface area (Å²) in [6, 6.07) is 9.12. The minimum atomic E-state index is -4.27. The summed E-state index contributed by atoms with van der Waals surface area (Å²) in [5, 5.41) is 0. The molecule has 0 saturated carbocycles. The van der Waals surface area contributed by atoms with Crippen LogP contribution in [0.1, 0.15) is 38.2 Å². The molecule has 2 aliphatic rings. The lowest BCUT2D eigenvalue weighted by Gasteiger charge is -2.39. The number of rotatable bonds is 4. The molecule has 1 saturated heterocycles. The van der Waals surface area contributed by atoms with Gasteiger partial charge in [0.15, 0.2) is 0 Å². The van der Waals surface area contributed by atoms with Crippen molar-refractivity contribution in [2.45, 2.75) is 50.5 Å². The average molecular weight is 460 g/mol. The number of fused-ring (bicyclic) bond motifs is 1. The summed E-state index contributed by atoms with van der Waals surface area (Å²) < 4.78 is 41.4. The highest BCUT2D eigenvalue weighted by Gasteiger charge is 2.43. The van der Waals surface area contributed by atoms with Crippen molar-refractivity contribution in [1.82, 2.24) is 4.90 Å². The van der Waals surface area contributed by atoms with Crippen LogP contribution in [0.15, 0.2) is 47.4 Å². The molecule has 2 aliphatic heterocycles. The minimum Gasteiger partial charge on any atom is -0.338 e. The molecule has 1 fully saturated rings. The standard InChI is InChI=1S/C23H26FN3O4S/c1-3-17-8-6-7-13-25(17)22(28)15-26-20-9-4-5-10-21(20)32(30,31)27(23(26)29)18-12-11-16(2)19(24)14-18/h4-5,9-12,14,17H,3,6-8,13,15H2,1-2H3/t17-/m1/s1. The summed E-state index contributed by atoms with van der Waals surface area (Å²) in [6.45, 7) is 3.91. The van der Waals surface area contributed by atoms with Gasteiger partial charge in [-0.25, -0.2) is 17.6 Å². The van der Waals surface area contributed by atoms with E-state index in [9.17, 15) is 22.4 Å². The Kier molecular flexibility index (Phi) is 5.94. The predicted molar refractivity (Wildman–Crippen MR) is 120 cm³/mol. The highest BCUT2D eigenvalue weighted by Crippen LogP contribution is 2.37. The van der Waals surface area contributed by atoms with Gasteiger partial charge in [0.25, 0.3) is 10.0 Å². The number of carbonyl (C=O) groups excluding carboxylic acids is 2. The van der Waals surface area contributed by atoms with Crippen molar-refractivity contribution >= 4 is 33.3 Å². The lowest BCUT2D eigenvalue weighted by molar-refractivity contribution is -0.133. The van der Waals surface area contributed by atoms with E-state index in [2.05, 4.69) is 0 Å². The molecule has 0 spiro atoms. The number of nitrogens with zero attached hydrogens (tertiary/aromatic N) is 3. The maximum Gasteiger partial charge on any atom is 0.343 e. The van der Waals surface area contributed by atoms with Crippen molar-refractivity contribution in [3.63, 3.8) is 0 Å². The van der Waals surface area contributed by atoms with Gasteiger partial charge in [-0.1, -0.05) is 25.1 Å². The van der Waals surface area contributed by atoms with Crippen LogP contribution in [0.3, 0.4) is 0 Å². The molecule has 0 bridgehead atoms. The normalized spacial score (nSPS) is 20.3. The molecule has 32 heavy (non-hydrogen) atoms. The number of sulfonamides is 1. The van der Waals surface area contributed by atoms with E-state index in [0.29, 0.717) is 16.4 Å². The number of hydrogen-bond donors (Lipinski definition) is 0. The number of anilines is 2. The number of benzene rings is 2. The Morgan fingerprint density at radius 1 is 1.16 bits per heavy atom. The Morgan fingerprint density at radius 2 is 1.91 bits per heavy atom. The quantitative estimate of drug-likeness (QED) is 0.691. The molecular formula is C23H26FN3O4S. The molecular weight excluding hydrogens is 433 g/mol. The number of aryl methyl sites for hydroxylation is 1. The summed E-state index contributed by atoms with van der Waals surface area (Å²) >= 11 is 0. The van der Waals surface area contributed by atoms with Crippen molar-refractivity contribution in [3.8, 4) is 0 Å². The maximum atomic E-state index is 14.2. The van der Waals surface area contributed by atoms with Crippen LogP contribution in [0.2, 0.25) is 0 Å². The molecule has 170 valence electrons. The summed E-state index contributed by atoms with van der Waals surface area (Å²) in [6.07, 6.45) is 3.68. The topological polar surface area (TPSA) is 78.0 Å². The molecule has 0 unspecified atom stereocenters. The van der Waals surface area contributed by atoms with E-state index in [1.807, 2.05) is 6.92 Å². The lowest BCUT2D eigenvalue weighted by atomic mass is 10.00. The number of urea groups is 1. The molecule has 2 aromatic rings. The van der Waals surface area contributed by atoms with Crippen molar-refractivity contribution in [2.75, 3.05) is 22.3 Å². The van der Waals surface area contributed by atoms with Crippen molar-refractivity contribution < 1.29 is 22.4 Å². The van der Waals surface area contributed by atoms with E-state index in [1.165, 1.54) is 29.2 Å². The smallest absolute Gasteiger partial charge is 0.338 e. The number of para-hydroxylation sites is 1. The summed E-state index contributed by atoms with van der Waals surface area (Å²) in [7, 11) is -4.27. The first-order valence-electron chi connectivity index (χ1n) is 10.8. The van der Waals surface area contributed by atoms with Gasteiger partial charge in [-0.15, -0.1) is 0 Å². The largest absolute Gasteiger partial charge is 0.343 e. The van der Waals surface area contributed by atoms with Crippen LogP contribution in [0.5, 0.6) is 0 Å². The molecule has 0 radical (unpaired) electrons. The summed E-state index contributed by atoms with van der Waals surface area (Å²) in [5.74, 6) is -0.847. The van der Waals surface area contributed by atoms with Gasteiger partial charge in [0, 0.05) is 12.6 Å². The lowest BCUT2D eigenvalue weighted by Crippen LogP contribution is -2.55. The Hall–Kier alpha value is -2.94. The number of piperidine rings is 1. The van der Waals surface area contributed by atoms with Crippen LogP contribution < -0.4 is 9.21 Å². The molecule has 9 heteroatoms. The highest BCUT2D eigenvalue weighted by atomic mass is 32.2. The van der Waals surface area contributed by atoms with Gasteiger partial charge in [-0.05, 0) is 62.4 Å². The fourth-order valence-electron chi connectivity index (χ4n) is 4.40. The van der Waals surface area contributed by atoms with E-state index < -0.39 is 21.9 Å². The van der Waals surface area contributed by atoms with E-state index in [1.54, 1.807) is 24.0 Å². The third-order valence-corrected chi connectivity index (χ3v) is 7.93. The Bertz CT molecular complexity index is 1170. The second kappa shape index (κ2) is 8.54. The molecule has 0 N–H and O–H groups in total. The van der Waals surface area contributed by atoms with Crippen molar-refractivity contribution in [2.24, 2.45) is 0 Å². The van der Waals surface area contributed by atoms with Crippen molar-refractivity contribution in [1.29, 1.82) is 0 Å². The third kappa shape index (κ3) is 3.74. The van der Waals surface area contributed by atoms with E-state index >= 15 is 0 Å². The van der Waals surface area contributed by atoms with Gasteiger partial charge < -0.3 is 4.90 Å². The summed E-state index contributed by atoms with van der Waals surface area (Å²) in [4.78, 5) is 29.5. The predicted octanol–water partition coefficient (Wildman–Crippen LogP) is 4.06. The number of carbonyl (C=O) groups is 2. The molecule has 3 amide bonds. The van der Waals surface area contributed by atoms with Gasteiger partial charge in [-0.2, -0.15) is 4.31 Å². The number of hydrogen-bond acceptors (Lipinski definition) is 4. The first-order chi connectivity index (χ1) is 15.3. The van der Waals surface area contributed by atoms with E-state index in [0.717, 1.165) is 31.7 Å². The maximum absolute atomic E-state index is 14.2. The van der Waals surface area contributed by atoms with E-state index in [4.69, 9.17) is 0 Å². The van der Waals surface area contributed by atoms with Gasteiger partial charge >= 0.3 is 6.03 Å². The SMILES string of the molecule is CC[C@@H]1CCCCN1C(=O)CN1C(=O)N(c2ccc(C)c(F)c2)S(=O)(=O)c2ccccc21. The van der Waals surface area contributed by atoms with Crippen molar-refractivity contribution in [3.05, 3.63) is 53.8 Å². The fraction of sp³-hybridized carbons (Fsp3) is 0.391. The van der Waals surface area contributed by atoms with Gasteiger partial charge in [0.1, 0.15) is 17.3 Å². The number of amides is 3. The molecule has 0 aliphatic carbocycles. The Morgan fingerprint density at radius 3 is 2.62 bits per heavy atom. The monoisotopic (exact) mass is 459 g/mol. The first kappa shape index (κ1) is 22.3. The third-order valence-electron chi connectivity index (χ3n) is 6.18. The summed E-state index contributed by atoms with van der Waals surface area (Å²) in [5.41, 5.74) is 0.382. The minimum absolute atomic E-state index is 0.0981. The Labute approximate surface area is 187 Å². The van der Waals surface area contributed by atoms with Gasteiger partial charge in [0.2, 0.25) is 5.91 Å². The van der Waals surface area contributed by atoms with Crippen LogP contribution in [0.25, 0.3) is 0 Å². The van der Waals surface area contributed by atoms with Crippen LogP contribution in [0, 0.1) is 12.7 Å². The van der Waals surface area contributed by atoms with Crippen LogP contribution in [0.4, 0.5) is 20.6 Å². The van der Waals surface area contributed by atoms with Crippen LogP contribution >= 0.6 is 0 Å². The molecule has 7 nitrogen and oxygen atoms in total. The van der Waals surface area contributed by atoms with Crippen LogP contribution in [-0.2, 0) is 14.8 Å². The molecule has 2 aromatic carbocycles. The first-order valence-corrected chi connectivity index (χ1v) is 12.2. The highest BCUT2D eigenvalue weighted by molar-refractivity contribution is 7.94. The average Bonchev–Trinajstić information content (AvgIpc) is 2.78. The van der Waals surface area contributed by atoms with E-state index in [-0.39, 0.29) is 34.8 Å². The zero-order valence-corrected chi connectivity index (χ0v) is 18.9. The van der Waals surface area contributed by atoms with Gasteiger partial charge in [0.05, 0.1) is 11.4 Å². The zero-order valence-electron chi connectivity index (χ0n) is 18.1. The molecule has 2 heterocycles. The number of likely N-dealkylation sites (tertiary alicyclic amines) is 1. The Balaban J connectivity index is 1.76. The van der Waals surface area contributed by atoms with Crippen LogP contribution in [-0.4, -0.2) is 44.4 Å². The second-order valence-electron chi connectivity index (χ2n) is 8.18.